The van der Waals surface area contributed by atoms with E-state index in [0.29, 0.717) is 25.3 Å². The van der Waals surface area contributed by atoms with Gasteiger partial charge in [-0.3, -0.25) is 9.59 Å². The minimum absolute atomic E-state index is 0.0344. The summed E-state index contributed by atoms with van der Waals surface area (Å²) in [4.78, 5) is 29.6. The van der Waals surface area contributed by atoms with Gasteiger partial charge in [-0.25, -0.2) is 0 Å². The van der Waals surface area contributed by atoms with Crippen LogP contribution < -0.4 is 14.7 Å². The maximum Gasteiger partial charge on any atom is 0.295 e. The molecule has 0 aromatic heterocycles. The molecule has 1 aliphatic rings. The summed E-state index contributed by atoms with van der Waals surface area (Å²) in [5.74, 6) is -0.961. The van der Waals surface area contributed by atoms with E-state index in [1.165, 1.54) is 4.90 Å². The van der Waals surface area contributed by atoms with Crippen LogP contribution in [0.5, 0.6) is 5.75 Å². The summed E-state index contributed by atoms with van der Waals surface area (Å²) in [7, 11) is 0. The molecular weight excluding hydrogens is 476 g/mol. The first-order valence-electron chi connectivity index (χ1n) is 14.0. The summed E-state index contributed by atoms with van der Waals surface area (Å²) in [5.41, 5.74) is 3.16. The quantitative estimate of drug-likeness (QED) is 0.213. The Hall–Kier alpha value is -3.12. The second-order valence-electron chi connectivity index (χ2n) is 11.2. The highest BCUT2D eigenvalue weighted by Crippen LogP contribution is 2.39. The van der Waals surface area contributed by atoms with Crippen LogP contribution in [0.25, 0.3) is 5.76 Å². The lowest BCUT2D eigenvalue weighted by Crippen LogP contribution is -3.12. The summed E-state index contributed by atoms with van der Waals surface area (Å²) in [6.07, 6.45) is 1.99. The van der Waals surface area contributed by atoms with Crippen molar-refractivity contribution < 1.29 is 24.3 Å². The number of hydrogen-bond acceptors (Lipinski definition) is 4. The maximum atomic E-state index is 13.8. The Labute approximate surface area is 228 Å². The molecule has 1 aliphatic heterocycles. The van der Waals surface area contributed by atoms with Gasteiger partial charge in [-0.05, 0) is 67.0 Å². The molecule has 0 bridgehead atoms. The molecule has 1 heterocycles. The van der Waals surface area contributed by atoms with Crippen molar-refractivity contribution in [2.24, 2.45) is 0 Å². The summed E-state index contributed by atoms with van der Waals surface area (Å²) in [6.45, 7) is 18.2. The van der Waals surface area contributed by atoms with Crippen molar-refractivity contribution in [3.8, 4) is 5.75 Å². The number of likely N-dealkylation sites (tertiary alicyclic amines) is 1. The lowest BCUT2D eigenvalue weighted by Gasteiger charge is -2.29. The van der Waals surface area contributed by atoms with Gasteiger partial charge in [-0.1, -0.05) is 70.2 Å². The number of amides is 1. The van der Waals surface area contributed by atoms with Crippen LogP contribution in [0, 0.1) is 6.92 Å². The van der Waals surface area contributed by atoms with Crippen molar-refractivity contribution in [3.63, 3.8) is 0 Å². The molecule has 1 unspecified atom stereocenters. The van der Waals surface area contributed by atoms with Gasteiger partial charge in [0.2, 0.25) is 5.78 Å². The monoisotopic (exact) mass is 520 g/mol. The number of ketones is 1. The van der Waals surface area contributed by atoms with E-state index >= 15 is 0 Å². The number of nitrogens with one attached hydrogen (secondary N) is 1. The predicted molar refractivity (Wildman–Crippen MR) is 150 cm³/mol. The van der Waals surface area contributed by atoms with E-state index in [1.54, 1.807) is 23.1 Å². The molecule has 206 valence electrons. The Kier molecular flexibility index (Phi) is 9.77. The zero-order chi connectivity index (χ0) is 28.0. The molecule has 1 fully saturated rings. The third-order valence-corrected chi connectivity index (χ3v) is 7.52. The van der Waals surface area contributed by atoms with Crippen LogP contribution in [0.15, 0.2) is 48.0 Å². The Balaban J connectivity index is 2.07. The van der Waals surface area contributed by atoms with Crippen molar-refractivity contribution >= 4 is 17.4 Å². The van der Waals surface area contributed by atoms with Gasteiger partial charge in [0, 0.05) is 5.57 Å². The van der Waals surface area contributed by atoms with Crippen LogP contribution in [-0.2, 0) is 15.0 Å². The van der Waals surface area contributed by atoms with E-state index in [-0.39, 0.29) is 11.0 Å². The van der Waals surface area contributed by atoms with Gasteiger partial charge < -0.3 is 19.6 Å². The first-order valence-corrected chi connectivity index (χ1v) is 14.0. The standard InChI is InChI=1S/C32H44N2O4/c1-8-11-20-38-26-17-14-24(21-22(26)4)29(35)27-28(23-12-15-25(16-13-23)32(5,6)7)34(31(37)30(27)36)19-18-33(9-2)10-3/h12-17,21,28,35H,8-11,18-20H2,1-7H3/b29-27+. The molecule has 38 heavy (non-hydrogen) atoms. The molecular formula is C32H44N2O4. The average molecular weight is 521 g/mol. The summed E-state index contributed by atoms with van der Waals surface area (Å²) in [6, 6.07) is 12.5. The number of benzene rings is 2. The summed E-state index contributed by atoms with van der Waals surface area (Å²) >= 11 is 0. The third kappa shape index (κ3) is 6.47. The number of hydrogen-bond donors (Lipinski definition) is 1. The van der Waals surface area contributed by atoms with E-state index < -0.39 is 23.5 Å². The molecule has 0 aliphatic carbocycles. The first kappa shape index (κ1) is 29.4. The molecule has 6 heteroatoms. The van der Waals surface area contributed by atoms with Gasteiger partial charge in [0.25, 0.3) is 5.91 Å². The fourth-order valence-corrected chi connectivity index (χ4v) is 4.93. The number of likely N-dealkylation sites (N-methyl/N-ethyl adjacent to an activating group) is 1. The fraction of sp³-hybridized carbons (Fsp3) is 0.500. The van der Waals surface area contributed by atoms with Gasteiger partial charge in [0.15, 0.2) is 0 Å². The van der Waals surface area contributed by atoms with Crippen LogP contribution in [-0.4, -0.2) is 49.4 Å². The number of ether oxygens (including phenoxy) is 1. The zero-order valence-corrected chi connectivity index (χ0v) is 24.1. The number of unbranched alkanes of at least 4 members (excludes halogenated alkanes) is 1. The third-order valence-electron chi connectivity index (χ3n) is 7.52. The normalized spacial score (nSPS) is 17.5. The van der Waals surface area contributed by atoms with Gasteiger partial charge in [-0.15, -0.1) is 0 Å². The second kappa shape index (κ2) is 12.6. The highest BCUT2D eigenvalue weighted by atomic mass is 16.5. The lowest BCUT2D eigenvalue weighted by molar-refractivity contribution is -0.895. The Morgan fingerprint density at radius 2 is 1.68 bits per heavy atom. The first-order chi connectivity index (χ1) is 18.0. The van der Waals surface area contributed by atoms with Crippen LogP contribution in [0.3, 0.4) is 0 Å². The Morgan fingerprint density at radius 1 is 1.03 bits per heavy atom. The van der Waals surface area contributed by atoms with E-state index in [2.05, 4.69) is 41.5 Å². The molecule has 3 rings (SSSR count). The van der Waals surface area contributed by atoms with Crippen LogP contribution in [0.4, 0.5) is 0 Å². The van der Waals surface area contributed by atoms with Gasteiger partial charge in [0.1, 0.15) is 5.75 Å². The molecule has 0 spiro atoms. The molecule has 1 saturated heterocycles. The van der Waals surface area contributed by atoms with Crippen LogP contribution in [0.2, 0.25) is 0 Å². The van der Waals surface area contributed by atoms with Gasteiger partial charge >= 0.3 is 0 Å². The second-order valence-corrected chi connectivity index (χ2v) is 11.2. The summed E-state index contributed by atoms with van der Waals surface area (Å²) in [5, 5.41) is 13.8. The van der Waals surface area contributed by atoms with E-state index in [0.717, 1.165) is 48.4 Å². The minimum Gasteiger partial charge on any atom is -0.872 e. The maximum absolute atomic E-state index is 13.8. The smallest absolute Gasteiger partial charge is 0.295 e. The number of quaternary nitrogens is 1. The Morgan fingerprint density at radius 3 is 2.24 bits per heavy atom. The molecule has 1 N–H and O–H groups in total. The number of nitrogens with zero attached hydrogens (tertiary/aromatic N) is 1. The van der Waals surface area contributed by atoms with Crippen LogP contribution in [0.1, 0.15) is 82.7 Å². The van der Waals surface area contributed by atoms with E-state index in [4.69, 9.17) is 4.74 Å². The van der Waals surface area contributed by atoms with Gasteiger partial charge in [0.05, 0.1) is 38.8 Å². The zero-order valence-electron chi connectivity index (χ0n) is 24.1. The van der Waals surface area contributed by atoms with E-state index in [9.17, 15) is 14.7 Å². The molecule has 6 nitrogen and oxygen atoms in total. The molecule has 2 aromatic rings. The highest BCUT2D eigenvalue weighted by molar-refractivity contribution is 6.46. The van der Waals surface area contributed by atoms with E-state index in [1.807, 2.05) is 31.2 Å². The number of Topliss-reactive ketones (excluding diaryl/α,β-unsaturated/α-hetero) is 1. The minimum atomic E-state index is -0.702. The fourth-order valence-electron chi connectivity index (χ4n) is 4.93. The predicted octanol–water partition coefficient (Wildman–Crippen LogP) is 3.62. The van der Waals surface area contributed by atoms with Crippen molar-refractivity contribution in [1.29, 1.82) is 0 Å². The molecule has 1 atom stereocenters. The lowest BCUT2D eigenvalue weighted by atomic mass is 9.85. The molecule has 1 amide bonds. The largest absolute Gasteiger partial charge is 0.872 e. The van der Waals surface area contributed by atoms with Crippen molar-refractivity contribution in [3.05, 3.63) is 70.3 Å². The number of carbonyl (C=O) groups is 2. The van der Waals surface area contributed by atoms with Crippen molar-refractivity contribution in [2.45, 2.75) is 72.8 Å². The number of carbonyl (C=O) groups excluding carboxylic acids is 2. The average Bonchev–Trinajstić information content (AvgIpc) is 3.14. The highest BCUT2D eigenvalue weighted by Gasteiger charge is 2.44. The number of aryl methyl sites for hydroxylation is 1. The van der Waals surface area contributed by atoms with Gasteiger partial charge in [-0.2, -0.15) is 0 Å². The SMILES string of the molecule is CCCCOc1ccc(/C([O-])=C2\C(=O)C(=O)N(CC[NH+](CC)CC)C2c2ccc(C(C)(C)C)cc2)cc1C. The summed E-state index contributed by atoms with van der Waals surface area (Å²) < 4.78 is 5.85. The van der Waals surface area contributed by atoms with Crippen LogP contribution >= 0.6 is 0 Å². The molecule has 2 aromatic carbocycles. The van der Waals surface area contributed by atoms with Crippen molar-refractivity contribution in [2.75, 3.05) is 32.8 Å². The molecule has 0 saturated carbocycles. The van der Waals surface area contributed by atoms with Crippen molar-refractivity contribution in [1.82, 2.24) is 4.90 Å². The Bertz CT molecular complexity index is 1160. The molecule has 0 radical (unpaired) electrons. The topological polar surface area (TPSA) is 74.1 Å². The number of rotatable bonds is 11.